The predicted octanol–water partition coefficient (Wildman–Crippen LogP) is 4.01. The third-order valence-corrected chi connectivity index (χ3v) is 5.06. The van der Waals surface area contributed by atoms with Crippen LogP contribution in [0, 0.1) is 13.8 Å². The second-order valence-corrected chi connectivity index (χ2v) is 8.42. The number of anilines is 1. The van der Waals surface area contributed by atoms with Crippen LogP contribution in [0.2, 0.25) is 0 Å². The molecule has 158 valence electrons. The zero-order chi connectivity index (χ0) is 22.2. The summed E-state index contributed by atoms with van der Waals surface area (Å²) < 4.78 is 3.34. The number of carbonyl (C=O) groups is 1. The van der Waals surface area contributed by atoms with Crippen molar-refractivity contribution in [2.45, 2.75) is 40.0 Å². The molecule has 0 saturated carbocycles. The lowest BCUT2D eigenvalue weighted by Crippen LogP contribution is -2.17. The number of rotatable bonds is 4. The Labute approximate surface area is 181 Å². The van der Waals surface area contributed by atoms with E-state index in [9.17, 15) is 4.79 Å². The van der Waals surface area contributed by atoms with Gasteiger partial charge in [0, 0.05) is 23.9 Å². The Morgan fingerprint density at radius 1 is 1.00 bits per heavy atom. The molecule has 0 fully saturated rings. The average molecular weight is 416 g/mol. The number of aryl methyl sites for hydroxylation is 1. The first-order chi connectivity index (χ1) is 14.8. The van der Waals surface area contributed by atoms with Crippen molar-refractivity contribution in [2.24, 2.45) is 0 Å². The van der Waals surface area contributed by atoms with Crippen LogP contribution >= 0.6 is 0 Å². The van der Waals surface area contributed by atoms with E-state index < -0.39 is 0 Å². The van der Waals surface area contributed by atoms with Crippen LogP contribution in [0.1, 0.15) is 48.1 Å². The van der Waals surface area contributed by atoms with E-state index in [1.807, 2.05) is 44.2 Å². The molecule has 0 aliphatic carbocycles. The van der Waals surface area contributed by atoms with Crippen molar-refractivity contribution in [3.8, 4) is 11.6 Å². The van der Waals surface area contributed by atoms with E-state index in [0.29, 0.717) is 17.3 Å². The normalized spacial score (nSPS) is 11.5. The highest BCUT2D eigenvalue weighted by molar-refractivity contribution is 6.04. The monoisotopic (exact) mass is 415 g/mol. The number of nitrogens with zero attached hydrogens (tertiary/aromatic N) is 6. The summed E-state index contributed by atoms with van der Waals surface area (Å²) in [6.07, 6.45) is 4.87. The zero-order valence-electron chi connectivity index (χ0n) is 18.3. The summed E-state index contributed by atoms with van der Waals surface area (Å²) in [6.45, 7) is 10.1. The van der Waals surface area contributed by atoms with Gasteiger partial charge in [0.15, 0.2) is 0 Å². The molecular formula is C23H25N7O. The molecule has 0 aliphatic rings. The molecule has 8 heteroatoms. The highest BCUT2D eigenvalue weighted by Gasteiger charge is 2.24. The van der Waals surface area contributed by atoms with E-state index in [2.05, 4.69) is 46.3 Å². The number of hydrogen-bond acceptors (Lipinski definition) is 5. The number of carbonyl (C=O) groups excluding carboxylic acids is 1. The molecule has 31 heavy (non-hydrogen) atoms. The van der Waals surface area contributed by atoms with Gasteiger partial charge in [-0.1, -0.05) is 39.0 Å². The Morgan fingerprint density at radius 2 is 1.71 bits per heavy atom. The maximum Gasteiger partial charge on any atom is 0.260 e. The summed E-state index contributed by atoms with van der Waals surface area (Å²) in [7, 11) is 0. The van der Waals surface area contributed by atoms with Gasteiger partial charge in [0.1, 0.15) is 5.82 Å². The molecule has 0 bridgehead atoms. The number of nitrogens with one attached hydrogen (secondary N) is 1. The van der Waals surface area contributed by atoms with Crippen LogP contribution in [0.5, 0.6) is 0 Å². The van der Waals surface area contributed by atoms with Gasteiger partial charge in [-0.2, -0.15) is 14.9 Å². The third kappa shape index (κ3) is 3.96. The van der Waals surface area contributed by atoms with Gasteiger partial charge >= 0.3 is 0 Å². The summed E-state index contributed by atoms with van der Waals surface area (Å²) in [4.78, 5) is 21.7. The van der Waals surface area contributed by atoms with Crippen molar-refractivity contribution >= 4 is 11.7 Å². The van der Waals surface area contributed by atoms with E-state index in [1.165, 1.54) is 0 Å². The lowest BCUT2D eigenvalue weighted by molar-refractivity contribution is 0.102. The molecule has 0 radical (unpaired) electrons. The van der Waals surface area contributed by atoms with Crippen LogP contribution in [-0.4, -0.2) is 35.4 Å². The quantitative estimate of drug-likeness (QED) is 0.544. The van der Waals surface area contributed by atoms with Gasteiger partial charge in [0.25, 0.3) is 11.9 Å². The van der Waals surface area contributed by atoms with Crippen molar-refractivity contribution < 1.29 is 4.79 Å². The highest BCUT2D eigenvalue weighted by Crippen LogP contribution is 2.26. The lowest BCUT2D eigenvalue weighted by Gasteiger charge is -2.13. The molecule has 0 saturated heterocycles. The fourth-order valence-electron chi connectivity index (χ4n) is 3.25. The molecule has 4 rings (SSSR count). The minimum Gasteiger partial charge on any atom is -0.306 e. The van der Waals surface area contributed by atoms with Crippen LogP contribution in [0.15, 0.2) is 55.0 Å². The topological polar surface area (TPSA) is 90.5 Å². The third-order valence-electron chi connectivity index (χ3n) is 5.06. The summed E-state index contributed by atoms with van der Waals surface area (Å²) in [5.74, 6) is 0.625. The summed E-state index contributed by atoms with van der Waals surface area (Å²) >= 11 is 0. The first-order valence-electron chi connectivity index (χ1n) is 10.1. The molecule has 4 aromatic rings. The summed E-state index contributed by atoms with van der Waals surface area (Å²) in [5, 5.41) is 12.1. The molecule has 0 atom stereocenters. The van der Waals surface area contributed by atoms with Crippen LogP contribution in [0.4, 0.5) is 5.82 Å². The largest absolute Gasteiger partial charge is 0.306 e. The number of amides is 1. The van der Waals surface area contributed by atoms with Gasteiger partial charge in [0.2, 0.25) is 0 Å². The van der Waals surface area contributed by atoms with Crippen LogP contribution in [0.3, 0.4) is 0 Å². The lowest BCUT2D eigenvalue weighted by atomic mass is 9.92. The molecule has 3 heterocycles. The molecular weight excluding hydrogens is 390 g/mol. The Balaban J connectivity index is 1.70. The van der Waals surface area contributed by atoms with E-state index in [4.69, 9.17) is 0 Å². The van der Waals surface area contributed by atoms with Crippen molar-refractivity contribution in [2.75, 3.05) is 5.32 Å². The minimum absolute atomic E-state index is 0.203. The number of benzene rings is 1. The average Bonchev–Trinajstić information content (AvgIpc) is 3.33. The van der Waals surface area contributed by atoms with E-state index in [0.717, 1.165) is 22.6 Å². The standard InChI is InChI=1S/C23H25N7O/c1-15-9-6-7-10-18(15)29-16(2)17(14-26-29)21(31)27-20-13-19(23(3,4)5)28-30(20)22-24-11-8-12-25-22/h6-14H,1-5H3,(H,27,31). The molecule has 8 nitrogen and oxygen atoms in total. The van der Waals surface area contributed by atoms with Crippen LogP contribution < -0.4 is 5.32 Å². The number of aromatic nitrogens is 6. The molecule has 0 aliphatic heterocycles. The van der Waals surface area contributed by atoms with E-state index in [1.54, 1.807) is 34.0 Å². The SMILES string of the molecule is Cc1ccccc1-n1ncc(C(=O)Nc2cc(C(C)(C)C)nn2-c2ncccn2)c1C. The molecule has 1 N–H and O–H groups in total. The second-order valence-electron chi connectivity index (χ2n) is 8.42. The van der Waals surface area contributed by atoms with Gasteiger partial charge in [0.05, 0.1) is 28.8 Å². The second kappa shape index (κ2) is 7.79. The fraction of sp³-hybridized carbons (Fsp3) is 0.261. The Hall–Kier alpha value is -3.81. The van der Waals surface area contributed by atoms with Gasteiger partial charge in [-0.25, -0.2) is 14.6 Å². The Morgan fingerprint density at radius 3 is 2.39 bits per heavy atom. The summed E-state index contributed by atoms with van der Waals surface area (Å²) in [6, 6.07) is 11.5. The van der Waals surface area contributed by atoms with Crippen molar-refractivity contribution in [3.63, 3.8) is 0 Å². The predicted molar refractivity (Wildman–Crippen MR) is 119 cm³/mol. The van der Waals surface area contributed by atoms with Gasteiger partial charge in [-0.05, 0) is 31.5 Å². The highest BCUT2D eigenvalue weighted by atomic mass is 16.1. The first kappa shape index (κ1) is 20.5. The van der Waals surface area contributed by atoms with Gasteiger partial charge in [-0.3, -0.25) is 4.79 Å². The number of hydrogen-bond donors (Lipinski definition) is 1. The van der Waals surface area contributed by atoms with Crippen molar-refractivity contribution in [1.29, 1.82) is 0 Å². The van der Waals surface area contributed by atoms with E-state index >= 15 is 0 Å². The first-order valence-corrected chi connectivity index (χ1v) is 10.1. The van der Waals surface area contributed by atoms with Crippen LogP contribution in [0.25, 0.3) is 11.6 Å². The fourth-order valence-corrected chi connectivity index (χ4v) is 3.25. The number of para-hydroxylation sites is 1. The van der Waals surface area contributed by atoms with Crippen molar-refractivity contribution in [3.05, 3.63) is 77.5 Å². The molecule has 3 aromatic heterocycles. The smallest absolute Gasteiger partial charge is 0.260 e. The zero-order valence-corrected chi connectivity index (χ0v) is 18.3. The minimum atomic E-state index is -0.269. The molecule has 1 aromatic carbocycles. The molecule has 0 spiro atoms. The van der Waals surface area contributed by atoms with Gasteiger partial charge < -0.3 is 5.32 Å². The van der Waals surface area contributed by atoms with Crippen LogP contribution in [-0.2, 0) is 5.41 Å². The Bertz CT molecular complexity index is 1230. The maximum absolute atomic E-state index is 13.2. The van der Waals surface area contributed by atoms with Crippen molar-refractivity contribution in [1.82, 2.24) is 29.5 Å². The molecule has 0 unspecified atom stereocenters. The molecule has 1 amide bonds. The summed E-state index contributed by atoms with van der Waals surface area (Å²) in [5.41, 5.74) is 3.88. The maximum atomic E-state index is 13.2. The van der Waals surface area contributed by atoms with E-state index in [-0.39, 0.29) is 11.3 Å². The Kier molecular flexibility index (Phi) is 5.14. The van der Waals surface area contributed by atoms with Gasteiger partial charge in [-0.15, -0.1) is 0 Å².